The Kier molecular flexibility index (Phi) is 3.94. The molecule has 0 bridgehead atoms. The molecule has 2 N–H and O–H groups in total. The second kappa shape index (κ2) is 6.14. The molecule has 0 spiro atoms. The maximum absolute atomic E-state index is 12.1. The van der Waals surface area contributed by atoms with Gasteiger partial charge in [0.05, 0.1) is 11.6 Å². The fourth-order valence-corrected chi connectivity index (χ4v) is 4.16. The maximum atomic E-state index is 12.1. The highest BCUT2D eigenvalue weighted by atomic mass is 16.4. The van der Waals surface area contributed by atoms with E-state index in [4.69, 9.17) is 0 Å². The van der Waals surface area contributed by atoms with Crippen LogP contribution in [-0.2, 0) is 5.60 Å². The molecule has 2 aliphatic rings. The predicted octanol–water partition coefficient (Wildman–Crippen LogP) is 3.19. The molecule has 1 heterocycles. The van der Waals surface area contributed by atoms with Gasteiger partial charge in [-0.3, -0.25) is 0 Å². The normalized spacial score (nSPS) is 23.8. The van der Waals surface area contributed by atoms with Crippen molar-refractivity contribution in [2.75, 3.05) is 20.1 Å². The first-order valence-corrected chi connectivity index (χ1v) is 8.63. The molecule has 1 unspecified atom stereocenters. The number of aliphatic hydroxyl groups is 1. The number of piperidine rings is 1. The Labute approximate surface area is 147 Å². The number of hydrogen-bond acceptors (Lipinski definition) is 4. The van der Waals surface area contributed by atoms with E-state index in [9.17, 15) is 10.3 Å². The molecule has 2 aromatic rings. The van der Waals surface area contributed by atoms with Gasteiger partial charge < -0.3 is 15.2 Å². The molecule has 0 radical (unpaired) electrons. The second-order valence-electron chi connectivity index (χ2n) is 6.93. The van der Waals surface area contributed by atoms with Crippen LogP contribution in [0.2, 0.25) is 0 Å². The number of benzene rings is 2. The molecule has 0 saturated carbocycles. The summed E-state index contributed by atoms with van der Waals surface area (Å²) in [6.45, 7) is 1.46. The Bertz CT molecular complexity index is 807. The van der Waals surface area contributed by atoms with Crippen LogP contribution in [0.15, 0.2) is 53.7 Å². The first-order valence-electron chi connectivity index (χ1n) is 8.63. The second-order valence-corrected chi connectivity index (χ2v) is 6.93. The first kappa shape index (κ1) is 16.1. The van der Waals surface area contributed by atoms with Gasteiger partial charge in [0.25, 0.3) is 0 Å². The SMILES string of the molecule is CN1CC/C(=N\O)C(C2(O)c3ccccc3C=Cc3ccccc32)C1. The lowest BCUT2D eigenvalue weighted by atomic mass is 9.70. The molecule has 2 aromatic carbocycles. The van der Waals surface area contributed by atoms with Gasteiger partial charge in [-0.2, -0.15) is 0 Å². The van der Waals surface area contributed by atoms with Gasteiger partial charge in [-0.05, 0) is 29.3 Å². The summed E-state index contributed by atoms with van der Waals surface area (Å²) in [7, 11) is 2.04. The van der Waals surface area contributed by atoms with Gasteiger partial charge in [0.1, 0.15) is 5.60 Å². The van der Waals surface area contributed by atoms with E-state index in [0.717, 1.165) is 28.8 Å². The van der Waals surface area contributed by atoms with E-state index in [1.165, 1.54) is 0 Å². The third-order valence-corrected chi connectivity index (χ3v) is 5.46. The molecule has 4 rings (SSSR count). The predicted molar refractivity (Wildman–Crippen MR) is 99.6 cm³/mol. The zero-order valence-corrected chi connectivity index (χ0v) is 14.3. The molecular formula is C21H22N2O2. The van der Waals surface area contributed by atoms with Crippen LogP contribution in [0, 0.1) is 5.92 Å². The number of rotatable bonds is 1. The molecule has 0 aromatic heterocycles. The molecule has 4 nitrogen and oxygen atoms in total. The van der Waals surface area contributed by atoms with Crippen LogP contribution >= 0.6 is 0 Å². The van der Waals surface area contributed by atoms with Gasteiger partial charge in [0, 0.05) is 19.5 Å². The van der Waals surface area contributed by atoms with Crippen LogP contribution in [0.25, 0.3) is 12.2 Å². The van der Waals surface area contributed by atoms with Crippen molar-refractivity contribution >= 4 is 17.9 Å². The highest BCUT2D eigenvalue weighted by Crippen LogP contribution is 2.45. The number of hydrogen-bond donors (Lipinski definition) is 2. The number of nitrogens with zero attached hydrogens (tertiary/aromatic N) is 2. The van der Waals surface area contributed by atoms with Crippen LogP contribution in [0.5, 0.6) is 0 Å². The van der Waals surface area contributed by atoms with Crippen molar-refractivity contribution < 1.29 is 10.3 Å². The van der Waals surface area contributed by atoms with Gasteiger partial charge in [0.2, 0.25) is 0 Å². The van der Waals surface area contributed by atoms with Crippen LogP contribution in [0.4, 0.5) is 0 Å². The van der Waals surface area contributed by atoms with E-state index < -0.39 is 5.60 Å². The fourth-order valence-electron chi connectivity index (χ4n) is 4.16. The van der Waals surface area contributed by atoms with E-state index in [1.807, 2.05) is 55.6 Å². The smallest absolute Gasteiger partial charge is 0.125 e. The molecular weight excluding hydrogens is 312 g/mol. The van der Waals surface area contributed by atoms with Gasteiger partial charge in [-0.1, -0.05) is 65.8 Å². The summed E-state index contributed by atoms with van der Waals surface area (Å²) in [5.74, 6) is -0.307. The minimum atomic E-state index is -1.24. The van der Waals surface area contributed by atoms with Crippen LogP contribution in [0.1, 0.15) is 28.7 Å². The molecule has 0 amide bonds. The third-order valence-electron chi connectivity index (χ3n) is 5.46. The molecule has 1 saturated heterocycles. The van der Waals surface area contributed by atoms with Crippen LogP contribution in [-0.4, -0.2) is 41.1 Å². The summed E-state index contributed by atoms with van der Waals surface area (Å²) in [5.41, 5.74) is 3.12. The van der Waals surface area contributed by atoms with Gasteiger partial charge in [-0.15, -0.1) is 0 Å². The van der Waals surface area contributed by atoms with E-state index in [1.54, 1.807) is 0 Å². The minimum absolute atomic E-state index is 0.307. The van der Waals surface area contributed by atoms with Crippen LogP contribution in [0.3, 0.4) is 0 Å². The fraction of sp³-hybridized carbons (Fsp3) is 0.286. The van der Waals surface area contributed by atoms with E-state index >= 15 is 0 Å². The van der Waals surface area contributed by atoms with Crippen molar-refractivity contribution in [2.24, 2.45) is 11.1 Å². The van der Waals surface area contributed by atoms with Crippen molar-refractivity contribution in [1.82, 2.24) is 4.90 Å². The Morgan fingerprint density at radius 1 is 1.00 bits per heavy atom. The molecule has 128 valence electrons. The Morgan fingerprint density at radius 2 is 1.56 bits per heavy atom. The molecule has 25 heavy (non-hydrogen) atoms. The lowest BCUT2D eigenvalue weighted by Gasteiger charge is -2.43. The quantitative estimate of drug-likeness (QED) is 0.622. The first-order chi connectivity index (χ1) is 12.1. The van der Waals surface area contributed by atoms with Gasteiger partial charge >= 0.3 is 0 Å². The third kappa shape index (κ3) is 2.49. The Balaban J connectivity index is 2.00. The zero-order valence-electron chi connectivity index (χ0n) is 14.3. The standard InChI is InChI=1S/C21H22N2O2/c1-23-13-12-20(22-25)19(14-23)21(24)17-8-4-2-6-15(17)10-11-16-7-3-5-9-18(16)21/h2-11,19,24-25H,12-14H2,1H3/b22-20+. The van der Waals surface area contributed by atoms with Crippen molar-refractivity contribution in [3.63, 3.8) is 0 Å². The van der Waals surface area contributed by atoms with E-state index in [-0.39, 0.29) is 5.92 Å². The lowest BCUT2D eigenvalue weighted by molar-refractivity contribution is 0.0240. The maximum Gasteiger partial charge on any atom is 0.125 e. The summed E-state index contributed by atoms with van der Waals surface area (Å²) in [6, 6.07) is 15.9. The molecule has 4 heteroatoms. The van der Waals surface area contributed by atoms with Gasteiger partial charge in [-0.25, -0.2) is 0 Å². The molecule has 1 aliphatic heterocycles. The Hall–Kier alpha value is -2.43. The van der Waals surface area contributed by atoms with E-state index in [2.05, 4.69) is 22.2 Å². The molecule has 1 atom stereocenters. The van der Waals surface area contributed by atoms with Crippen molar-refractivity contribution in [3.8, 4) is 0 Å². The summed E-state index contributed by atoms with van der Waals surface area (Å²) >= 11 is 0. The highest BCUT2D eigenvalue weighted by molar-refractivity contribution is 5.90. The van der Waals surface area contributed by atoms with Crippen LogP contribution < -0.4 is 0 Å². The van der Waals surface area contributed by atoms with Gasteiger partial charge in [0.15, 0.2) is 0 Å². The molecule has 1 aliphatic carbocycles. The monoisotopic (exact) mass is 334 g/mol. The zero-order chi connectivity index (χ0) is 17.4. The average molecular weight is 334 g/mol. The highest BCUT2D eigenvalue weighted by Gasteiger charge is 2.47. The average Bonchev–Trinajstić information content (AvgIpc) is 2.78. The topological polar surface area (TPSA) is 56.1 Å². The number of oxime groups is 1. The lowest BCUT2D eigenvalue weighted by Crippen LogP contribution is -2.51. The minimum Gasteiger partial charge on any atom is -0.411 e. The summed E-state index contributed by atoms with van der Waals surface area (Å²) in [4.78, 5) is 2.18. The Morgan fingerprint density at radius 3 is 2.12 bits per heavy atom. The summed E-state index contributed by atoms with van der Waals surface area (Å²) in [6.07, 6.45) is 4.75. The van der Waals surface area contributed by atoms with Crippen molar-refractivity contribution in [2.45, 2.75) is 12.0 Å². The number of likely N-dealkylation sites (tertiary alicyclic amines) is 1. The molecule has 1 fully saturated rings. The largest absolute Gasteiger partial charge is 0.411 e. The van der Waals surface area contributed by atoms with E-state index in [0.29, 0.717) is 18.7 Å². The van der Waals surface area contributed by atoms with Crippen molar-refractivity contribution in [1.29, 1.82) is 0 Å². The number of fused-ring (bicyclic) bond motifs is 2. The summed E-state index contributed by atoms with van der Waals surface area (Å²) in [5, 5.41) is 25.3. The van der Waals surface area contributed by atoms with Crippen molar-refractivity contribution in [3.05, 3.63) is 70.8 Å². The summed E-state index contributed by atoms with van der Waals surface area (Å²) < 4.78 is 0.